The Bertz CT molecular complexity index is 456. The predicted octanol–water partition coefficient (Wildman–Crippen LogP) is 2.48. The van der Waals surface area contributed by atoms with Gasteiger partial charge in [-0.1, -0.05) is 12.1 Å². The fourth-order valence-corrected chi connectivity index (χ4v) is 2.96. The van der Waals surface area contributed by atoms with Crippen molar-refractivity contribution in [1.82, 2.24) is 4.90 Å². The number of nitrogens with zero attached hydrogens (tertiary/aromatic N) is 1. The van der Waals surface area contributed by atoms with E-state index in [2.05, 4.69) is 0 Å². The van der Waals surface area contributed by atoms with Gasteiger partial charge in [0, 0.05) is 18.5 Å². The average molecular weight is 276 g/mol. The summed E-state index contributed by atoms with van der Waals surface area (Å²) in [6.45, 7) is 4.10. The summed E-state index contributed by atoms with van der Waals surface area (Å²) in [5, 5.41) is 0. The lowest BCUT2D eigenvalue weighted by Gasteiger charge is -2.37. The zero-order chi connectivity index (χ0) is 14.7. The molecule has 0 spiro atoms. The molecule has 0 saturated carbocycles. The molecular formula is C16H24N2O2. The van der Waals surface area contributed by atoms with Crippen LogP contribution < -0.4 is 10.5 Å². The molecule has 0 aliphatic carbocycles. The van der Waals surface area contributed by atoms with E-state index in [1.165, 1.54) is 0 Å². The van der Waals surface area contributed by atoms with Crippen LogP contribution in [0.1, 0.15) is 44.7 Å². The van der Waals surface area contributed by atoms with Gasteiger partial charge in [0.2, 0.25) is 5.91 Å². The highest BCUT2D eigenvalue weighted by atomic mass is 16.5. The van der Waals surface area contributed by atoms with Crippen molar-refractivity contribution in [3.05, 3.63) is 29.8 Å². The van der Waals surface area contributed by atoms with E-state index in [4.69, 9.17) is 10.5 Å². The maximum absolute atomic E-state index is 12.4. The van der Waals surface area contributed by atoms with E-state index in [1.54, 1.807) is 7.11 Å². The monoisotopic (exact) mass is 276 g/mol. The number of hydrogen-bond acceptors (Lipinski definition) is 3. The molecule has 1 aliphatic heterocycles. The van der Waals surface area contributed by atoms with Gasteiger partial charge in [-0.15, -0.1) is 0 Å². The van der Waals surface area contributed by atoms with E-state index >= 15 is 0 Å². The molecule has 2 rings (SSSR count). The lowest BCUT2D eigenvalue weighted by atomic mass is 9.95. The van der Waals surface area contributed by atoms with E-state index in [-0.39, 0.29) is 24.0 Å². The number of carbonyl (C=O) groups is 1. The fourth-order valence-electron chi connectivity index (χ4n) is 2.96. The molecule has 20 heavy (non-hydrogen) atoms. The van der Waals surface area contributed by atoms with Gasteiger partial charge in [0.15, 0.2) is 0 Å². The van der Waals surface area contributed by atoms with Crippen LogP contribution in [0.4, 0.5) is 0 Å². The molecular weight excluding hydrogens is 252 g/mol. The zero-order valence-corrected chi connectivity index (χ0v) is 12.5. The smallest absolute Gasteiger partial charge is 0.223 e. The maximum Gasteiger partial charge on any atom is 0.223 e. The highest BCUT2D eigenvalue weighted by molar-refractivity contribution is 5.77. The first kappa shape index (κ1) is 14.9. The summed E-state index contributed by atoms with van der Waals surface area (Å²) in [7, 11) is 1.65. The first-order valence-corrected chi connectivity index (χ1v) is 7.25. The van der Waals surface area contributed by atoms with Crippen LogP contribution in [-0.2, 0) is 4.79 Å². The van der Waals surface area contributed by atoms with Crippen molar-refractivity contribution in [3.8, 4) is 5.75 Å². The number of ether oxygens (including phenoxy) is 1. The van der Waals surface area contributed by atoms with Gasteiger partial charge in [-0.3, -0.25) is 4.79 Å². The lowest BCUT2D eigenvalue weighted by molar-refractivity contribution is -0.135. The number of hydrogen-bond donors (Lipinski definition) is 1. The Hall–Kier alpha value is -1.55. The Morgan fingerprint density at radius 2 is 1.95 bits per heavy atom. The zero-order valence-electron chi connectivity index (χ0n) is 12.5. The molecule has 1 aromatic rings. The van der Waals surface area contributed by atoms with Crippen LogP contribution in [0.15, 0.2) is 24.3 Å². The molecule has 1 saturated heterocycles. The van der Waals surface area contributed by atoms with Gasteiger partial charge in [-0.2, -0.15) is 0 Å². The summed E-state index contributed by atoms with van der Waals surface area (Å²) in [6, 6.07) is 7.97. The van der Waals surface area contributed by atoms with E-state index < -0.39 is 0 Å². The van der Waals surface area contributed by atoms with Crippen LogP contribution in [0, 0.1) is 0 Å². The number of amides is 1. The van der Waals surface area contributed by atoms with Crippen LogP contribution in [0.25, 0.3) is 0 Å². The molecule has 0 radical (unpaired) electrons. The molecule has 1 aliphatic rings. The summed E-state index contributed by atoms with van der Waals surface area (Å²) in [4.78, 5) is 14.3. The minimum Gasteiger partial charge on any atom is -0.497 e. The van der Waals surface area contributed by atoms with E-state index in [1.807, 2.05) is 43.0 Å². The van der Waals surface area contributed by atoms with Crippen LogP contribution in [-0.4, -0.2) is 30.0 Å². The van der Waals surface area contributed by atoms with Crippen molar-refractivity contribution >= 4 is 5.91 Å². The second kappa shape index (κ2) is 6.27. The van der Waals surface area contributed by atoms with Crippen LogP contribution in [0.2, 0.25) is 0 Å². The van der Waals surface area contributed by atoms with Gasteiger partial charge in [0.25, 0.3) is 0 Å². The molecule has 4 heteroatoms. The fraction of sp³-hybridized carbons (Fsp3) is 0.562. The van der Waals surface area contributed by atoms with Crippen molar-refractivity contribution in [3.63, 3.8) is 0 Å². The lowest BCUT2D eigenvalue weighted by Crippen LogP contribution is -2.45. The Morgan fingerprint density at radius 1 is 1.30 bits per heavy atom. The van der Waals surface area contributed by atoms with E-state index in [0.29, 0.717) is 6.42 Å². The van der Waals surface area contributed by atoms with Gasteiger partial charge in [0.1, 0.15) is 5.75 Å². The van der Waals surface area contributed by atoms with E-state index in [9.17, 15) is 4.79 Å². The highest BCUT2D eigenvalue weighted by Crippen LogP contribution is 2.32. The Labute approximate surface area is 120 Å². The molecule has 1 fully saturated rings. The van der Waals surface area contributed by atoms with Crippen LogP contribution >= 0.6 is 0 Å². The van der Waals surface area contributed by atoms with Crippen molar-refractivity contribution in [2.75, 3.05) is 7.11 Å². The standard InChI is InChI=1S/C16H24N2O2/c1-11(2)18-15(19)6-4-5-14(17)16(18)12-7-9-13(20-3)10-8-12/h7-11,14,16H,4-6,17H2,1-3H3. The largest absolute Gasteiger partial charge is 0.497 e. The van der Waals surface area contributed by atoms with E-state index in [0.717, 1.165) is 24.2 Å². The van der Waals surface area contributed by atoms with Crippen molar-refractivity contribution < 1.29 is 9.53 Å². The number of likely N-dealkylation sites (tertiary alicyclic amines) is 1. The first-order chi connectivity index (χ1) is 9.54. The molecule has 2 unspecified atom stereocenters. The van der Waals surface area contributed by atoms with Gasteiger partial charge in [-0.25, -0.2) is 0 Å². The third-order valence-corrected chi connectivity index (χ3v) is 3.93. The molecule has 0 bridgehead atoms. The van der Waals surface area contributed by atoms with Gasteiger partial charge >= 0.3 is 0 Å². The van der Waals surface area contributed by atoms with Gasteiger partial charge in [0.05, 0.1) is 13.2 Å². The summed E-state index contributed by atoms with van der Waals surface area (Å²) in [5.74, 6) is 1.02. The van der Waals surface area contributed by atoms with Crippen molar-refractivity contribution in [1.29, 1.82) is 0 Å². The van der Waals surface area contributed by atoms with Crippen LogP contribution in [0.5, 0.6) is 5.75 Å². The number of benzene rings is 1. The second-order valence-electron chi connectivity index (χ2n) is 5.67. The van der Waals surface area contributed by atoms with Crippen LogP contribution in [0.3, 0.4) is 0 Å². The Kier molecular flexibility index (Phi) is 4.65. The molecule has 2 atom stereocenters. The molecule has 1 heterocycles. The van der Waals surface area contributed by atoms with Gasteiger partial charge < -0.3 is 15.4 Å². The molecule has 110 valence electrons. The summed E-state index contributed by atoms with van der Waals surface area (Å²) in [5.41, 5.74) is 7.43. The summed E-state index contributed by atoms with van der Waals surface area (Å²) >= 11 is 0. The number of rotatable bonds is 3. The first-order valence-electron chi connectivity index (χ1n) is 7.25. The number of nitrogens with two attached hydrogens (primary N) is 1. The molecule has 1 aromatic carbocycles. The molecule has 1 amide bonds. The Morgan fingerprint density at radius 3 is 2.50 bits per heavy atom. The topological polar surface area (TPSA) is 55.6 Å². The summed E-state index contributed by atoms with van der Waals surface area (Å²) < 4.78 is 5.19. The van der Waals surface area contributed by atoms with Crippen molar-refractivity contribution in [2.45, 2.75) is 51.2 Å². The average Bonchev–Trinajstić information content (AvgIpc) is 2.58. The molecule has 4 nitrogen and oxygen atoms in total. The number of carbonyl (C=O) groups excluding carboxylic acids is 1. The SMILES string of the molecule is COc1ccc(C2C(N)CCCC(=O)N2C(C)C)cc1. The third-order valence-electron chi connectivity index (χ3n) is 3.93. The minimum atomic E-state index is -0.0455. The van der Waals surface area contributed by atoms with Gasteiger partial charge in [-0.05, 0) is 44.4 Å². The summed E-state index contributed by atoms with van der Waals surface area (Å²) in [6.07, 6.45) is 2.35. The second-order valence-corrected chi connectivity index (χ2v) is 5.67. The third kappa shape index (κ3) is 2.96. The normalized spacial score (nSPS) is 23.9. The quantitative estimate of drug-likeness (QED) is 0.922. The highest BCUT2D eigenvalue weighted by Gasteiger charge is 2.34. The van der Waals surface area contributed by atoms with Crippen molar-refractivity contribution in [2.24, 2.45) is 5.73 Å². The molecule has 0 aromatic heterocycles. The Balaban J connectivity index is 2.37. The predicted molar refractivity (Wildman–Crippen MR) is 79.5 cm³/mol. The minimum absolute atomic E-state index is 0.0164. The maximum atomic E-state index is 12.4. The molecule has 2 N–H and O–H groups in total. The number of methoxy groups -OCH3 is 1.